The minimum atomic E-state index is -0.504. The molecule has 0 saturated carbocycles. The van der Waals surface area contributed by atoms with Gasteiger partial charge in [0.1, 0.15) is 10.6 Å². The highest BCUT2D eigenvalue weighted by Crippen LogP contribution is 2.19. The summed E-state index contributed by atoms with van der Waals surface area (Å²) in [6.07, 6.45) is 1.58. The normalized spacial score (nSPS) is 11.0. The third-order valence-electron chi connectivity index (χ3n) is 2.39. The standard InChI is InChI=1S/C15H23N3O4S2/c1-15(2,3)22-14(20)17-8-10-24-13-16-7-5-11(18-13)23-9-6-12(19)21-4/h5,7H,6,8-10H2,1-4H3,(H,17,20). The lowest BCUT2D eigenvalue weighted by Gasteiger charge is -2.19. The molecule has 0 unspecified atom stereocenters. The molecule has 0 aliphatic rings. The number of ether oxygens (including phenoxy) is 2. The van der Waals surface area contributed by atoms with Crippen LogP contribution in [0.3, 0.4) is 0 Å². The van der Waals surface area contributed by atoms with E-state index in [1.807, 2.05) is 20.8 Å². The van der Waals surface area contributed by atoms with Gasteiger partial charge in [0.05, 0.1) is 13.5 Å². The van der Waals surface area contributed by atoms with Crippen molar-refractivity contribution in [1.82, 2.24) is 15.3 Å². The van der Waals surface area contributed by atoms with E-state index in [0.29, 0.717) is 29.6 Å². The Balaban J connectivity index is 2.29. The molecule has 0 bridgehead atoms. The van der Waals surface area contributed by atoms with Crippen LogP contribution >= 0.6 is 23.5 Å². The molecule has 134 valence electrons. The van der Waals surface area contributed by atoms with Gasteiger partial charge in [-0.15, -0.1) is 11.8 Å². The molecule has 1 amide bonds. The summed E-state index contributed by atoms with van der Waals surface area (Å²) < 4.78 is 9.74. The van der Waals surface area contributed by atoms with E-state index < -0.39 is 11.7 Å². The van der Waals surface area contributed by atoms with Crippen LogP contribution in [0.1, 0.15) is 27.2 Å². The van der Waals surface area contributed by atoms with Crippen molar-refractivity contribution in [3.8, 4) is 0 Å². The number of hydrogen-bond acceptors (Lipinski definition) is 8. The maximum absolute atomic E-state index is 11.5. The fourth-order valence-electron chi connectivity index (χ4n) is 1.43. The fraction of sp³-hybridized carbons (Fsp3) is 0.600. The van der Waals surface area contributed by atoms with Gasteiger partial charge in [0, 0.05) is 24.2 Å². The van der Waals surface area contributed by atoms with Crippen LogP contribution in [-0.2, 0) is 14.3 Å². The third-order valence-corrected chi connectivity index (χ3v) is 4.19. The molecule has 7 nitrogen and oxygen atoms in total. The smallest absolute Gasteiger partial charge is 0.407 e. The Labute approximate surface area is 150 Å². The minimum Gasteiger partial charge on any atom is -0.469 e. The number of methoxy groups -OCH3 is 1. The van der Waals surface area contributed by atoms with Crippen molar-refractivity contribution in [2.24, 2.45) is 0 Å². The summed E-state index contributed by atoms with van der Waals surface area (Å²) in [5.41, 5.74) is -0.504. The van der Waals surface area contributed by atoms with Crippen molar-refractivity contribution in [3.05, 3.63) is 12.3 Å². The molecule has 1 rings (SSSR count). The molecule has 0 atom stereocenters. The van der Waals surface area contributed by atoms with E-state index in [4.69, 9.17) is 4.74 Å². The van der Waals surface area contributed by atoms with E-state index in [1.54, 1.807) is 12.3 Å². The second-order valence-corrected chi connectivity index (χ2v) is 7.81. The van der Waals surface area contributed by atoms with Gasteiger partial charge in [-0.1, -0.05) is 11.8 Å². The van der Waals surface area contributed by atoms with Gasteiger partial charge in [0.2, 0.25) is 0 Å². The van der Waals surface area contributed by atoms with Crippen molar-refractivity contribution in [2.75, 3.05) is 25.2 Å². The summed E-state index contributed by atoms with van der Waals surface area (Å²) in [7, 11) is 1.37. The molecule has 1 N–H and O–H groups in total. The van der Waals surface area contributed by atoms with Crippen molar-refractivity contribution in [2.45, 2.75) is 43.0 Å². The zero-order valence-corrected chi connectivity index (χ0v) is 16.0. The molecule has 1 heterocycles. The quantitative estimate of drug-likeness (QED) is 0.245. The SMILES string of the molecule is COC(=O)CCSc1ccnc(SCCNC(=O)OC(C)(C)C)n1. The van der Waals surface area contributed by atoms with Crippen molar-refractivity contribution in [1.29, 1.82) is 0 Å². The molecule has 0 radical (unpaired) electrons. The predicted octanol–water partition coefficient (Wildman–Crippen LogP) is 2.75. The van der Waals surface area contributed by atoms with Crippen LogP contribution in [0, 0.1) is 0 Å². The third kappa shape index (κ3) is 9.61. The van der Waals surface area contributed by atoms with Gasteiger partial charge in [0.25, 0.3) is 0 Å². The highest BCUT2D eigenvalue weighted by atomic mass is 32.2. The minimum absolute atomic E-state index is 0.237. The van der Waals surface area contributed by atoms with E-state index in [-0.39, 0.29) is 5.97 Å². The van der Waals surface area contributed by atoms with Crippen LogP contribution < -0.4 is 5.32 Å². The molecule has 1 aromatic rings. The fourth-order valence-corrected chi connectivity index (χ4v) is 2.95. The number of alkyl carbamates (subject to hydrolysis) is 1. The summed E-state index contributed by atoms with van der Waals surface area (Å²) in [5, 5.41) is 4.11. The summed E-state index contributed by atoms with van der Waals surface area (Å²) in [6, 6.07) is 1.80. The number of nitrogens with zero attached hydrogens (tertiary/aromatic N) is 2. The monoisotopic (exact) mass is 373 g/mol. The van der Waals surface area contributed by atoms with Crippen LogP contribution in [-0.4, -0.2) is 52.8 Å². The Morgan fingerprint density at radius 2 is 2.00 bits per heavy atom. The zero-order chi connectivity index (χ0) is 18.0. The first-order valence-electron chi connectivity index (χ1n) is 7.42. The van der Waals surface area contributed by atoms with Crippen molar-refractivity contribution < 1.29 is 19.1 Å². The summed E-state index contributed by atoms with van der Waals surface area (Å²) in [5.74, 6) is 1.00. The molecule has 24 heavy (non-hydrogen) atoms. The predicted molar refractivity (Wildman–Crippen MR) is 94.3 cm³/mol. The summed E-state index contributed by atoms with van der Waals surface area (Å²) in [4.78, 5) is 31.1. The summed E-state index contributed by atoms with van der Waals surface area (Å²) in [6.45, 7) is 5.91. The van der Waals surface area contributed by atoms with E-state index in [0.717, 1.165) is 5.03 Å². The maximum atomic E-state index is 11.5. The number of esters is 1. The van der Waals surface area contributed by atoms with E-state index in [9.17, 15) is 9.59 Å². The second kappa shape index (κ2) is 10.4. The topological polar surface area (TPSA) is 90.4 Å². The second-order valence-electron chi connectivity index (χ2n) is 5.63. The molecule has 0 aliphatic carbocycles. The Morgan fingerprint density at radius 1 is 1.25 bits per heavy atom. The lowest BCUT2D eigenvalue weighted by atomic mass is 10.2. The van der Waals surface area contributed by atoms with Gasteiger partial charge in [0.15, 0.2) is 5.16 Å². The molecule has 0 fully saturated rings. The van der Waals surface area contributed by atoms with Crippen LogP contribution in [0.15, 0.2) is 22.4 Å². The number of rotatable bonds is 8. The van der Waals surface area contributed by atoms with E-state index in [2.05, 4.69) is 20.0 Å². The molecule has 0 saturated heterocycles. The molecule has 0 spiro atoms. The molecule has 1 aromatic heterocycles. The van der Waals surface area contributed by atoms with Crippen molar-refractivity contribution >= 4 is 35.6 Å². The van der Waals surface area contributed by atoms with Gasteiger partial charge >= 0.3 is 12.1 Å². The summed E-state index contributed by atoms with van der Waals surface area (Å²) >= 11 is 2.92. The van der Waals surface area contributed by atoms with Gasteiger partial charge < -0.3 is 14.8 Å². The van der Waals surface area contributed by atoms with Crippen LogP contribution in [0.2, 0.25) is 0 Å². The molecular formula is C15H23N3O4S2. The van der Waals surface area contributed by atoms with Crippen molar-refractivity contribution in [3.63, 3.8) is 0 Å². The van der Waals surface area contributed by atoms with Gasteiger partial charge in [-0.05, 0) is 26.8 Å². The first-order chi connectivity index (χ1) is 11.3. The highest BCUT2D eigenvalue weighted by molar-refractivity contribution is 7.99. The average molecular weight is 374 g/mol. The number of amides is 1. The number of aromatic nitrogens is 2. The van der Waals surface area contributed by atoms with Gasteiger partial charge in [-0.2, -0.15) is 0 Å². The van der Waals surface area contributed by atoms with Gasteiger partial charge in [-0.25, -0.2) is 14.8 Å². The molecule has 0 aromatic carbocycles. The maximum Gasteiger partial charge on any atom is 0.407 e. The van der Waals surface area contributed by atoms with E-state index >= 15 is 0 Å². The number of carbonyl (C=O) groups is 2. The van der Waals surface area contributed by atoms with Crippen LogP contribution in [0.25, 0.3) is 0 Å². The first-order valence-corrected chi connectivity index (χ1v) is 9.39. The average Bonchev–Trinajstić information content (AvgIpc) is 2.50. The number of thioether (sulfide) groups is 2. The molecule has 9 heteroatoms. The van der Waals surface area contributed by atoms with Gasteiger partial charge in [-0.3, -0.25) is 4.79 Å². The lowest BCUT2D eigenvalue weighted by Crippen LogP contribution is -2.33. The Hall–Kier alpha value is -1.48. The number of nitrogens with one attached hydrogen (secondary N) is 1. The highest BCUT2D eigenvalue weighted by Gasteiger charge is 2.15. The molecule has 0 aliphatic heterocycles. The van der Waals surface area contributed by atoms with Crippen LogP contribution in [0.4, 0.5) is 4.79 Å². The Bertz CT molecular complexity index is 550. The Kier molecular flexibility index (Phi) is 8.91. The number of hydrogen-bond donors (Lipinski definition) is 1. The molecular weight excluding hydrogens is 350 g/mol. The zero-order valence-electron chi connectivity index (χ0n) is 14.3. The lowest BCUT2D eigenvalue weighted by molar-refractivity contribution is -0.140. The van der Waals surface area contributed by atoms with E-state index in [1.165, 1.54) is 30.6 Å². The number of carbonyl (C=O) groups excluding carboxylic acids is 2. The first kappa shape index (κ1) is 20.6. The Morgan fingerprint density at radius 3 is 2.67 bits per heavy atom. The van der Waals surface area contributed by atoms with Crippen LogP contribution in [0.5, 0.6) is 0 Å². The largest absolute Gasteiger partial charge is 0.469 e.